The third kappa shape index (κ3) is 2.00. The maximum absolute atomic E-state index is 2.39. The zero-order chi connectivity index (χ0) is 7.78. The summed E-state index contributed by atoms with van der Waals surface area (Å²) < 4.78 is 0. The van der Waals surface area contributed by atoms with Crippen LogP contribution in [0.1, 0.15) is 47.0 Å². The molecule has 0 aliphatic heterocycles. The van der Waals surface area contributed by atoms with Gasteiger partial charge in [0.1, 0.15) is 0 Å². The fraction of sp³-hybridized carbons (Fsp3) is 1.00. The van der Waals surface area contributed by atoms with Crippen LogP contribution in [0, 0.1) is 17.3 Å². The molecule has 0 spiro atoms. The van der Waals surface area contributed by atoms with Crippen molar-refractivity contribution in [2.45, 2.75) is 47.0 Å². The van der Waals surface area contributed by atoms with Crippen LogP contribution in [0.4, 0.5) is 0 Å². The molecule has 60 valence electrons. The molecule has 0 amide bonds. The van der Waals surface area contributed by atoms with Gasteiger partial charge in [-0.25, -0.2) is 0 Å². The van der Waals surface area contributed by atoms with Crippen molar-refractivity contribution in [3.63, 3.8) is 0 Å². The van der Waals surface area contributed by atoms with Gasteiger partial charge in [-0.05, 0) is 30.1 Å². The topological polar surface area (TPSA) is 0 Å². The second-order valence-electron chi connectivity index (χ2n) is 5.08. The van der Waals surface area contributed by atoms with Gasteiger partial charge in [0.2, 0.25) is 0 Å². The molecule has 1 saturated carbocycles. The SMILES string of the molecule is C[C@H]1CC[C@@H]1CC(C)(C)C. The summed E-state index contributed by atoms with van der Waals surface area (Å²) in [6.45, 7) is 9.42. The minimum Gasteiger partial charge on any atom is -0.0622 e. The second kappa shape index (κ2) is 2.56. The zero-order valence-electron chi connectivity index (χ0n) is 7.78. The summed E-state index contributed by atoms with van der Waals surface area (Å²) in [5, 5.41) is 0. The van der Waals surface area contributed by atoms with Gasteiger partial charge in [-0.1, -0.05) is 34.1 Å². The third-order valence-corrected chi connectivity index (χ3v) is 2.67. The van der Waals surface area contributed by atoms with Gasteiger partial charge < -0.3 is 0 Å². The molecule has 10 heavy (non-hydrogen) atoms. The summed E-state index contributed by atoms with van der Waals surface area (Å²) in [4.78, 5) is 0. The summed E-state index contributed by atoms with van der Waals surface area (Å²) in [6, 6.07) is 0. The third-order valence-electron chi connectivity index (χ3n) is 2.67. The summed E-state index contributed by atoms with van der Waals surface area (Å²) in [5.41, 5.74) is 0.555. The fourth-order valence-corrected chi connectivity index (χ4v) is 1.83. The van der Waals surface area contributed by atoms with Crippen LogP contribution in [0.2, 0.25) is 0 Å². The minimum atomic E-state index is 0.555. The van der Waals surface area contributed by atoms with E-state index in [9.17, 15) is 0 Å². The lowest BCUT2D eigenvalue weighted by atomic mass is 9.68. The Morgan fingerprint density at radius 3 is 1.90 bits per heavy atom. The molecule has 0 bridgehead atoms. The van der Waals surface area contributed by atoms with Crippen LogP contribution in [-0.4, -0.2) is 0 Å². The highest BCUT2D eigenvalue weighted by Gasteiger charge is 2.29. The summed E-state index contributed by atoms with van der Waals surface area (Å²) in [7, 11) is 0. The van der Waals surface area contributed by atoms with E-state index in [1.54, 1.807) is 0 Å². The van der Waals surface area contributed by atoms with E-state index >= 15 is 0 Å². The molecule has 0 radical (unpaired) electrons. The van der Waals surface area contributed by atoms with Crippen molar-refractivity contribution in [2.24, 2.45) is 17.3 Å². The molecular formula is C10H20. The van der Waals surface area contributed by atoms with E-state index in [2.05, 4.69) is 27.7 Å². The van der Waals surface area contributed by atoms with Crippen molar-refractivity contribution in [1.29, 1.82) is 0 Å². The lowest BCUT2D eigenvalue weighted by Gasteiger charge is -2.38. The van der Waals surface area contributed by atoms with E-state index < -0.39 is 0 Å². The molecule has 0 aromatic rings. The molecule has 0 unspecified atom stereocenters. The van der Waals surface area contributed by atoms with Crippen molar-refractivity contribution >= 4 is 0 Å². The quantitative estimate of drug-likeness (QED) is 0.523. The van der Waals surface area contributed by atoms with Crippen molar-refractivity contribution < 1.29 is 0 Å². The van der Waals surface area contributed by atoms with Crippen LogP contribution in [0.15, 0.2) is 0 Å². The van der Waals surface area contributed by atoms with Gasteiger partial charge in [0.15, 0.2) is 0 Å². The number of hydrogen-bond donors (Lipinski definition) is 0. The zero-order valence-corrected chi connectivity index (χ0v) is 7.78. The maximum Gasteiger partial charge on any atom is -0.0380 e. The van der Waals surface area contributed by atoms with Crippen molar-refractivity contribution in [2.75, 3.05) is 0 Å². The predicted octanol–water partition coefficient (Wildman–Crippen LogP) is 3.47. The molecule has 0 heterocycles. The van der Waals surface area contributed by atoms with Crippen molar-refractivity contribution in [3.05, 3.63) is 0 Å². The van der Waals surface area contributed by atoms with E-state index in [1.807, 2.05) is 0 Å². The lowest BCUT2D eigenvalue weighted by Crippen LogP contribution is -2.27. The number of hydrogen-bond acceptors (Lipinski definition) is 0. The van der Waals surface area contributed by atoms with Gasteiger partial charge in [0.25, 0.3) is 0 Å². The summed E-state index contributed by atoms with van der Waals surface area (Å²) in [6.07, 6.45) is 4.38. The van der Waals surface area contributed by atoms with E-state index in [-0.39, 0.29) is 0 Å². The Hall–Kier alpha value is 0. The molecule has 1 aliphatic carbocycles. The van der Waals surface area contributed by atoms with Crippen LogP contribution in [-0.2, 0) is 0 Å². The van der Waals surface area contributed by atoms with Gasteiger partial charge in [-0.3, -0.25) is 0 Å². The molecule has 0 N–H and O–H groups in total. The largest absolute Gasteiger partial charge is 0.0622 e. The van der Waals surface area contributed by atoms with Crippen LogP contribution >= 0.6 is 0 Å². The molecule has 0 aromatic heterocycles. The smallest absolute Gasteiger partial charge is 0.0380 e. The summed E-state index contributed by atoms with van der Waals surface area (Å²) in [5.74, 6) is 2.05. The van der Waals surface area contributed by atoms with Gasteiger partial charge in [-0.2, -0.15) is 0 Å². The van der Waals surface area contributed by atoms with E-state index in [0.717, 1.165) is 11.8 Å². The molecule has 0 saturated heterocycles. The first-order chi connectivity index (χ1) is 4.49. The molecule has 0 heteroatoms. The Bertz CT molecular complexity index is 108. The van der Waals surface area contributed by atoms with Crippen molar-refractivity contribution in [3.8, 4) is 0 Å². The highest BCUT2D eigenvalue weighted by Crippen LogP contribution is 2.41. The molecule has 2 atom stereocenters. The monoisotopic (exact) mass is 140 g/mol. The highest BCUT2D eigenvalue weighted by atomic mass is 14.4. The summed E-state index contributed by atoms with van der Waals surface area (Å²) >= 11 is 0. The fourth-order valence-electron chi connectivity index (χ4n) is 1.83. The first-order valence-electron chi connectivity index (χ1n) is 4.49. The van der Waals surface area contributed by atoms with E-state index in [1.165, 1.54) is 19.3 Å². The molecule has 0 nitrogen and oxygen atoms in total. The highest BCUT2D eigenvalue weighted by molar-refractivity contribution is 4.81. The van der Waals surface area contributed by atoms with Crippen molar-refractivity contribution in [1.82, 2.24) is 0 Å². The molecular weight excluding hydrogens is 120 g/mol. The second-order valence-corrected chi connectivity index (χ2v) is 5.08. The standard InChI is InChI=1S/C10H20/c1-8-5-6-9(8)7-10(2,3)4/h8-9H,5-7H2,1-4H3/t8-,9+/m0/s1. The Morgan fingerprint density at radius 1 is 1.20 bits per heavy atom. The van der Waals surface area contributed by atoms with Gasteiger partial charge in [0.05, 0.1) is 0 Å². The maximum atomic E-state index is 2.39. The Balaban J connectivity index is 2.26. The number of rotatable bonds is 1. The van der Waals surface area contributed by atoms with E-state index in [4.69, 9.17) is 0 Å². The van der Waals surface area contributed by atoms with E-state index in [0.29, 0.717) is 5.41 Å². The first-order valence-corrected chi connectivity index (χ1v) is 4.49. The molecule has 1 aliphatic rings. The van der Waals surface area contributed by atoms with Crippen LogP contribution in [0.5, 0.6) is 0 Å². The lowest BCUT2D eigenvalue weighted by molar-refractivity contribution is 0.132. The Labute approximate surface area is 65.0 Å². The van der Waals surface area contributed by atoms with Gasteiger partial charge in [-0.15, -0.1) is 0 Å². The predicted molar refractivity (Wildman–Crippen MR) is 46.0 cm³/mol. The molecule has 1 rings (SSSR count). The first kappa shape index (κ1) is 8.10. The average Bonchev–Trinajstić information content (AvgIpc) is 1.78. The average molecular weight is 140 g/mol. The minimum absolute atomic E-state index is 0.555. The Morgan fingerprint density at radius 2 is 1.80 bits per heavy atom. The van der Waals surface area contributed by atoms with Crippen LogP contribution in [0.25, 0.3) is 0 Å². The molecule has 1 fully saturated rings. The Kier molecular flexibility index (Phi) is 2.07. The molecule has 0 aromatic carbocycles. The van der Waals surface area contributed by atoms with Crippen LogP contribution in [0.3, 0.4) is 0 Å². The van der Waals surface area contributed by atoms with Crippen LogP contribution < -0.4 is 0 Å². The van der Waals surface area contributed by atoms with Gasteiger partial charge >= 0.3 is 0 Å². The van der Waals surface area contributed by atoms with Gasteiger partial charge in [0, 0.05) is 0 Å². The normalized spacial score (nSPS) is 33.6.